The Labute approximate surface area is 95.2 Å². The highest BCUT2D eigenvalue weighted by Gasteiger charge is 2.16. The molecule has 1 fully saturated rings. The van der Waals surface area contributed by atoms with Crippen LogP contribution in [0.2, 0.25) is 0 Å². The number of carbonyl (C=O) groups excluding carboxylic acids is 1. The molecular weight excluding hydrogens is 204 g/mol. The second kappa shape index (κ2) is 5.12. The lowest BCUT2D eigenvalue weighted by Crippen LogP contribution is -2.41. The van der Waals surface area contributed by atoms with E-state index in [1.165, 1.54) is 12.8 Å². The normalized spacial score (nSPS) is 21.4. The molecule has 0 bridgehead atoms. The van der Waals surface area contributed by atoms with Gasteiger partial charge in [0.1, 0.15) is 5.69 Å². The monoisotopic (exact) mass is 222 g/mol. The van der Waals surface area contributed by atoms with Gasteiger partial charge in [0, 0.05) is 25.8 Å². The van der Waals surface area contributed by atoms with Gasteiger partial charge < -0.3 is 10.6 Å². The fourth-order valence-electron chi connectivity index (χ4n) is 1.94. The summed E-state index contributed by atoms with van der Waals surface area (Å²) in [5.74, 6) is -0.0747. The van der Waals surface area contributed by atoms with Crippen LogP contribution in [0.25, 0.3) is 0 Å². The molecule has 1 unspecified atom stereocenters. The molecule has 5 heteroatoms. The molecule has 0 aromatic carbocycles. The molecule has 2 rings (SSSR count). The molecule has 0 saturated carbocycles. The Morgan fingerprint density at radius 2 is 2.50 bits per heavy atom. The summed E-state index contributed by atoms with van der Waals surface area (Å²) in [6.45, 7) is 1.91. The van der Waals surface area contributed by atoms with E-state index < -0.39 is 0 Å². The van der Waals surface area contributed by atoms with Gasteiger partial charge in [0.15, 0.2) is 0 Å². The molecule has 1 aliphatic rings. The van der Waals surface area contributed by atoms with E-state index in [0.29, 0.717) is 5.69 Å². The standard InChI is InChI=1S/C11H18N4O/c1-15-7-5-10(14-15)11(16)13-9-4-2-3-6-12-8-9/h5,7,9,12H,2-4,6,8H2,1H3,(H,13,16). The van der Waals surface area contributed by atoms with E-state index in [1.54, 1.807) is 16.9 Å². The molecule has 1 aromatic heterocycles. The van der Waals surface area contributed by atoms with E-state index in [1.807, 2.05) is 7.05 Å². The molecule has 1 saturated heterocycles. The smallest absolute Gasteiger partial charge is 0.272 e. The Morgan fingerprint density at radius 1 is 1.62 bits per heavy atom. The van der Waals surface area contributed by atoms with Crippen LogP contribution in [0.1, 0.15) is 29.8 Å². The largest absolute Gasteiger partial charge is 0.347 e. The van der Waals surface area contributed by atoms with Crippen molar-refractivity contribution < 1.29 is 4.79 Å². The summed E-state index contributed by atoms with van der Waals surface area (Å²) in [5, 5.41) is 10.4. The fourth-order valence-corrected chi connectivity index (χ4v) is 1.94. The average molecular weight is 222 g/mol. The van der Waals surface area contributed by atoms with E-state index in [4.69, 9.17) is 0 Å². The first-order valence-corrected chi connectivity index (χ1v) is 5.77. The lowest BCUT2D eigenvalue weighted by atomic mass is 10.1. The van der Waals surface area contributed by atoms with Crippen molar-refractivity contribution in [2.45, 2.75) is 25.3 Å². The van der Waals surface area contributed by atoms with E-state index in [2.05, 4.69) is 15.7 Å². The van der Waals surface area contributed by atoms with Crippen molar-refractivity contribution >= 4 is 5.91 Å². The maximum Gasteiger partial charge on any atom is 0.272 e. The molecule has 0 radical (unpaired) electrons. The molecule has 1 aliphatic heterocycles. The SMILES string of the molecule is Cn1ccc(C(=O)NC2CCCCNC2)n1. The lowest BCUT2D eigenvalue weighted by molar-refractivity contribution is 0.0929. The van der Waals surface area contributed by atoms with Crippen LogP contribution in [0.5, 0.6) is 0 Å². The van der Waals surface area contributed by atoms with Gasteiger partial charge in [-0.05, 0) is 25.5 Å². The van der Waals surface area contributed by atoms with E-state index >= 15 is 0 Å². The summed E-state index contributed by atoms with van der Waals surface area (Å²) in [4.78, 5) is 11.8. The Balaban J connectivity index is 1.90. The van der Waals surface area contributed by atoms with Crippen LogP contribution in [-0.2, 0) is 7.05 Å². The molecule has 2 N–H and O–H groups in total. The molecule has 1 aromatic rings. The van der Waals surface area contributed by atoms with Gasteiger partial charge in [0.25, 0.3) is 5.91 Å². The highest BCUT2D eigenvalue weighted by atomic mass is 16.2. The zero-order valence-electron chi connectivity index (χ0n) is 9.57. The number of aryl methyl sites for hydroxylation is 1. The maximum atomic E-state index is 11.8. The quantitative estimate of drug-likeness (QED) is 0.756. The first-order chi connectivity index (χ1) is 7.75. The first-order valence-electron chi connectivity index (χ1n) is 5.77. The van der Waals surface area contributed by atoms with Crippen LogP contribution >= 0.6 is 0 Å². The molecule has 5 nitrogen and oxygen atoms in total. The van der Waals surface area contributed by atoms with Gasteiger partial charge in [-0.15, -0.1) is 0 Å². The average Bonchev–Trinajstić information content (AvgIpc) is 2.54. The summed E-state index contributed by atoms with van der Waals surface area (Å²) in [6.07, 6.45) is 5.18. The van der Waals surface area contributed by atoms with Crippen LogP contribution < -0.4 is 10.6 Å². The van der Waals surface area contributed by atoms with Crippen molar-refractivity contribution in [3.8, 4) is 0 Å². The lowest BCUT2D eigenvalue weighted by Gasteiger charge is -2.15. The van der Waals surface area contributed by atoms with Crippen molar-refractivity contribution in [2.24, 2.45) is 7.05 Å². The van der Waals surface area contributed by atoms with Gasteiger partial charge in [0.05, 0.1) is 0 Å². The van der Waals surface area contributed by atoms with Gasteiger partial charge in [0.2, 0.25) is 0 Å². The summed E-state index contributed by atoms with van der Waals surface area (Å²) in [5.41, 5.74) is 0.492. The van der Waals surface area contributed by atoms with Gasteiger partial charge in [-0.25, -0.2) is 0 Å². The zero-order chi connectivity index (χ0) is 11.4. The van der Waals surface area contributed by atoms with Crippen molar-refractivity contribution in [3.63, 3.8) is 0 Å². The number of nitrogens with one attached hydrogen (secondary N) is 2. The van der Waals surface area contributed by atoms with Gasteiger partial charge in [-0.3, -0.25) is 9.48 Å². The minimum absolute atomic E-state index is 0.0747. The summed E-state index contributed by atoms with van der Waals surface area (Å²) in [7, 11) is 1.81. The van der Waals surface area contributed by atoms with Gasteiger partial charge >= 0.3 is 0 Å². The first kappa shape index (κ1) is 11.1. The number of rotatable bonds is 2. The van der Waals surface area contributed by atoms with Crippen LogP contribution in [0.3, 0.4) is 0 Å². The Morgan fingerprint density at radius 3 is 3.25 bits per heavy atom. The molecule has 16 heavy (non-hydrogen) atoms. The van der Waals surface area contributed by atoms with E-state index in [-0.39, 0.29) is 11.9 Å². The highest BCUT2D eigenvalue weighted by Crippen LogP contribution is 2.05. The summed E-state index contributed by atoms with van der Waals surface area (Å²) >= 11 is 0. The van der Waals surface area contributed by atoms with Crippen LogP contribution in [0.15, 0.2) is 12.3 Å². The van der Waals surface area contributed by atoms with Crippen LogP contribution in [0, 0.1) is 0 Å². The van der Waals surface area contributed by atoms with Crippen molar-refractivity contribution in [1.29, 1.82) is 0 Å². The number of hydrogen-bond acceptors (Lipinski definition) is 3. The summed E-state index contributed by atoms with van der Waals surface area (Å²) < 4.78 is 1.64. The fraction of sp³-hybridized carbons (Fsp3) is 0.636. The number of amides is 1. The number of carbonyl (C=O) groups is 1. The Kier molecular flexibility index (Phi) is 3.56. The Hall–Kier alpha value is -1.36. The van der Waals surface area contributed by atoms with Crippen LogP contribution in [0.4, 0.5) is 0 Å². The molecule has 88 valence electrons. The number of hydrogen-bond donors (Lipinski definition) is 2. The zero-order valence-corrected chi connectivity index (χ0v) is 9.57. The Bertz CT molecular complexity index is 353. The third-order valence-electron chi connectivity index (χ3n) is 2.83. The maximum absolute atomic E-state index is 11.8. The third kappa shape index (κ3) is 2.82. The predicted molar refractivity (Wildman–Crippen MR) is 61.2 cm³/mol. The minimum atomic E-state index is -0.0747. The molecule has 2 heterocycles. The topological polar surface area (TPSA) is 59.0 Å². The number of nitrogens with zero attached hydrogens (tertiary/aromatic N) is 2. The van der Waals surface area contributed by atoms with E-state index in [9.17, 15) is 4.79 Å². The van der Waals surface area contributed by atoms with Crippen LogP contribution in [-0.4, -0.2) is 34.8 Å². The van der Waals surface area contributed by atoms with Crippen molar-refractivity contribution in [1.82, 2.24) is 20.4 Å². The predicted octanol–water partition coefficient (Wildman–Crippen LogP) is 0.292. The summed E-state index contributed by atoms with van der Waals surface area (Å²) in [6, 6.07) is 1.97. The minimum Gasteiger partial charge on any atom is -0.347 e. The molecule has 0 aliphatic carbocycles. The van der Waals surface area contributed by atoms with Gasteiger partial charge in [-0.1, -0.05) is 6.42 Å². The second-order valence-corrected chi connectivity index (χ2v) is 4.24. The van der Waals surface area contributed by atoms with Crippen molar-refractivity contribution in [3.05, 3.63) is 18.0 Å². The second-order valence-electron chi connectivity index (χ2n) is 4.24. The van der Waals surface area contributed by atoms with E-state index in [0.717, 1.165) is 19.5 Å². The third-order valence-corrected chi connectivity index (χ3v) is 2.83. The molecular formula is C11H18N4O. The highest BCUT2D eigenvalue weighted by molar-refractivity contribution is 5.92. The van der Waals surface area contributed by atoms with Crippen molar-refractivity contribution in [2.75, 3.05) is 13.1 Å². The van der Waals surface area contributed by atoms with Gasteiger partial charge in [-0.2, -0.15) is 5.10 Å². The molecule has 1 atom stereocenters. The molecule has 1 amide bonds. The number of aromatic nitrogens is 2. The molecule has 0 spiro atoms.